The molecule has 16 heavy (non-hydrogen) atoms. The van der Waals surface area contributed by atoms with Gasteiger partial charge >= 0.3 is 5.97 Å². The Morgan fingerprint density at radius 2 is 2.06 bits per heavy atom. The Bertz CT molecular complexity index is 311. The topological polar surface area (TPSA) is 49.3 Å². The number of carbonyl (C=O) groups is 1. The van der Waals surface area contributed by atoms with E-state index < -0.39 is 5.97 Å². The van der Waals surface area contributed by atoms with Gasteiger partial charge in [0.1, 0.15) is 0 Å². The van der Waals surface area contributed by atoms with Crippen LogP contribution in [-0.4, -0.2) is 23.7 Å². The summed E-state index contributed by atoms with van der Waals surface area (Å²) in [7, 11) is 0. The summed E-state index contributed by atoms with van der Waals surface area (Å²) >= 11 is 0. The lowest BCUT2D eigenvalue weighted by molar-refractivity contribution is -0.136. The third kappa shape index (κ3) is 5.51. The van der Waals surface area contributed by atoms with E-state index in [4.69, 9.17) is 5.11 Å². The maximum Gasteiger partial charge on any atom is 0.304 e. The maximum atomic E-state index is 10.3. The van der Waals surface area contributed by atoms with Crippen molar-refractivity contribution in [2.24, 2.45) is 0 Å². The Kier molecular flexibility index (Phi) is 5.57. The molecule has 0 aliphatic carbocycles. The van der Waals surface area contributed by atoms with Gasteiger partial charge in [0.15, 0.2) is 0 Å². The molecule has 0 spiro atoms. The smallest absolute Gasteiger partial charge is 0.304 e. The van der Waals surface area contributed by atoms with Crippen LogP contribution >= 0.6 is 0 Å². The number of rotatable bonds is 7. The lowest BCUT2D eigenvalue weighted by atomic mass is 10.1. The average Bonchev–Trinajstić information content (AvgIpc) is 2.27. The third-order valence-electron chi connectivity index (χ3n) is 2.54. The van der Waals surface area contributed by atoms with Crippen LogP contribution in [0.1, 0.15) is 25.3 Å². The van der Waals surface area contributed by atoms with Gasteiger partial charge in [-0.3, -0.25) is 4.79 Å². The second kappa shape index (κ2) is 7.01. The van der Waals surface area contributed by atoms with Gasteiger partial charge in [-0.05, 0) is 25.3 Å². The van der Waals surface area contributed by atoms with Gasteiger partial charge in [0.2, 0.25) is 0 Å². The van der Waals surface area contributed by atoms with Crippen molar-refractivity contribution in [3.63, 3.8) is 0 Å². The second-order valence-electron chi connectivity index (χ2n) is 4.02. The molecule has 0 aliphatic heterocycles. The van der Waals surface area contributed by atoms with Crippen molar-refractivity contribution < 1.29 is 9.90 Å². The van der Waals surface area contributed by atoms with Crippen molar-refractivity contribution in [2.75, 3.05) is 6.54 Å². The molecule has 0 saturated heterocycles. The molecule has 0 saturated carbocycles. The van der Waals surface area contributed by atoms with Crippen LogP contribution < -0.4 is 5.32 Å². The van der Waals surface area contributed by atoms with Gasteiger partial charge in [0.25, 0.3) is 0 Å². The number of aliphatic carboxylic acids is 1. The van der Waals surface area contributed by atoms with Crippen LogP contribution in [0.2, 0.25) is 0 Å². The van der Waals surface area contributed by atoms with Crippen molar-refractivity contribution in [3.8, 4) is 0 Å². The van der Waals surface area contributed by atoms with Gasteiger partial charge in [-0.25, -0.2) is 0 Å². The molecule has 1 aromatic rings. The minimum Gasteiger partial charge on any atom is -0.481 e. The molecule has 2 N–H and O–H groups in total. The summed E-state index contributed by atoms with van der Waals surface area (Å²) in [5.41, 5.74) is 1.33. The van der Waals surface area contributed by atoms with E-state index in [0.717, 1.165) is 12.8 Å². The Balaban J connectivity index is 2.15. The van der Waals surface area contributed by atoms with Crippen molar-refractivity contribution in [3.05, 3.63) is 35.9 Å². The SMILES string of the molecule is C[C@H](CCc1ccccc1)NCCC(=O)O. The number of carboxylic acid groups (broad SMARTS) is 1. The Morgan fingerprint density at radius 3 is 2.69 bits per heavy atom. The molecular weight excluding hydrogens is 202 g/mol. The minimum atomic E-state index is -0.747. The average molecular weight is 221 g/mol. The molecule has 1 rings (SSSR count). The van der Waals surface area contributed by atoms with Crippen molar-refractivity contribution in [1.29, 1.82) is 0 Å². The van der Waals surface area contributed by atoms with Crippen LogP contribution in [0.5, 0.6) is 0 Å². The second-order valence-corrected chi connectivity index (χ2v) is 4.02. The van der Waals surface area contributed by atoms with E-state index in [1.807, 2.05) is 18.2 Å². The van der Waals surface area contributed by atoms with Gasteiger partial charge in [0.05, 0.1) is 6.42 Å². The monoisotopic (exact) mass is 221 g/mol. The molecule has 0 unspecified atom stereocenters. The predicted molar refractivity (Wildman–Crippen MR) is 64.5 cm³/mol. The fourth-order valence-electron chi connectivity index (χ4n) is 1.56. The van der Waals surface area contributed by atoms with E-state index in [-0.39, 0.29) is 6.42 Å². The first-order chi connectivity index (χ1) is 7.68. The Hall–Kier alpha value is -1.35. The quantitative estimate of drug-likeness (QED) is 0.741. The van der Waals surface area contributed by atoms with Crippen molar-refractivity contribution in [1.82, 2.24) is 5.32 Å². The number of carboxylic acids is 1. The van der Waals surface area contributed by atoms with Crippen LogP contribution in [0, 0.1) is 0 Å². The van der Waals surface area contributed by atoms with E-state index in [1.165, 1.54) is 5.56 Å². The fraction of sp³-hybridized carbons (Fsp3) is 0.462. The first-order valence-electron chi connectivity index (χ1n) is 5.67. The van der Waals surface area contributed by atoms with Crippen LogP contribution in [-0.2, 0) is 11.2 Å². The van der Waals surface area contributed by atoms with E-state index in [0.29, 0.717) is 12.6 Å². The summed E-state index contributed by atoms with van der Waals surface area (Å²) in [5.74, 6) is -0.747. The molecule has 0 aromatic heterocycles. The van der Waals surface area contributed by atoms with E-state index in [1.54, 1.807) is 0 Å². The molecular formula is C13H19NO2. The van der Waals surface area contributed by atoms with Crippen LogP contribution in [0.25, 0.3) is 0 Å². The highest BCUT2D eigenvalue weighted by Gasteiger charge is 2.03. The molecule has 88 valence electrons. The third-order valence-corrected chi connectivity index (χ3v) is 2.54. The van der Waals surface area contributed by atoms with Crippen LogP contribution in [0.15, 0.2) is 30.3 Å². The zero-order valence-corrected chi connectivity index (χ0v) is 9.65. The van der Waals surface area contributed by atoms with Crippen LogP contribution in [0.3, 0.4) is 0 Å². The van der Waals surface area contributed by atoms with Gasteiger partial charge in [-0.2, -0.15) is 0 Å². The largest absolute Gasteiger partial charge is 0.481 e. The number of hydrogen-bond acceptors (Lipinski definition) is 2. The summed E-state index contributed by atoms with van der Waals surface area (Å²) in [6, 6.07) is 10.7. The number of nitrogens with one attached hydrogen (secondary N) is 1. The molecule has 0 heterocycles. The highest BCUT2D eigenvalue weighted by Crippen LogP contribution is 2.04. The molecule has 0 bridgehead atoms. The highest BCUT2D eigenvalue weighted by molar-refractivity contribution is 5.66. The summed E-state index contributed by atoms with van der Waals surface area (Å²) < 4.78 is 0. The minimum absolute atomic E-state index is 0.190. The standard InChI is InChI=1S/C13H19NO2/c1-11(14-10-9-13(15)16)7-8-12-5-3-2-4-6-12/h2-6,11,14H,7-10H2,1H3,(H,15,16)/t11-/m1/s1. The predicted octanol–water partition coefficient (Wildman–Crippen LogP) is 2.07. The Labute approximate surface area is 96.5 Å². The molecule has 3 nitrogen and oxygen atoms in total. The van der Waals surface area contributed by atoms with Gasteiger partial charge in [-0.15, -0.1) is 0 Å². The first-order valence-corrected chi connectivity index (χ1v) is 5.67. The zero-order chi connectivity index (χ0) is 11.8. The maximum absolute atomic E-state index is 10.3. The molecule has 0 aliphatic rings. The molecule has 1 aromatic carbocycles. The first kappa shape index (κ1) is 12.7. The number of aryl methyl sites for hydroxylation is 1. The molecule has 0 fully saturated rings. The Morgan fingerprint density at radius 1 is 1.38 bits per heavy atom. The zero-order valence-electron chi connectivity index (χ0n) is 9.65. The summed E-state index contributed by atoms with van der Waals surface area (Å²) in [6.45, 7) is 2.64. The molecule has 0 radical (unpaired) electrons. The lowest BCUT2D eigenvalue weighted by Crippen LogP contribution is -2.28. The summed E-state index contributed by atoms with van der Waals surface area (Å²) in [6.07, 6.45) is 2.25. The lowest BCUT2D eigenvalue weighted by Gasteiger charge is -2.12. The van der Waals surface area contributed by atoms with Crippen LogP contribution in [0.4, 0.5) is 0 Å². The van der Waals surface area contributed by atoms with Gasteiger partial charge in [-0.1, -0.05) is 30.3 Å². The summed E-state index contributed by atoms with van der Waals surface area (Å²) in [5, 5.41) is 11.7. The van der Waals surface area contributed by atoms with Crippen molar-refractivity contribution in [2.45, 2.75) is 32.2 Å². The normalized spacial score (nSPS) is 12.3. The highest BCUT2D eigenvalue weighted by atomic mass is 16.4. The molecule has 1 atom stereocenters. The van der Waals surface area contributed by atoms with Gasteiger partial charge < -0.3 is 10.4 Å². The van der Waals surface area contributed by atoms with Gasteiger partial charge in [0, 0.05) is 12.6 Å². The number of benzene rings is 1. The summed E-state index contributed by atoms with van der Waals surface area (Å²) in [4.78, 5) is 10.3. The van der Waals surface area contributed by atoms with Crippen molar-refractivity contribution >= 4 is 5.97 Å². The fourth-order valence-corrected chi connectivity index (χ4v) is 1.56. The van der Waals surface area contributed by atoms with E-state index in [9.17, 15) is 4.79 Å². The number of hydrogen-bond donors (Lipinski definition) is 2. The molecule has 3 heteroatoms. The van der Waals surface area contributed by atoms with E-state index in [2.05, 4.69) is 24.4 Å². The van der Waals surface area contributed by atoms with E-state index >= 15 is 0 Å². The molecule has 0 amide bonds.